The Kier molecular flexibility index (Phi) is 5.78. The highest BCUT2D eigenvalue weighted by molar-refractivity contribution is 7.16. The molecule has 1 heterocycles. The lowest BCUT2D eigenvalue weighted by molar-refractivity contribution is 0.189. The van der Waals surface area contributed by atoms with Crippen molar-refractivity contribution in [3.05, 3.63) is 52.9 Å². The molecular weight excluding hydrogens is 284 g/mol. The molecular formula is C16H20N2O2S. The van der Waals surface area contributed by atoms with Gasteiger partial charge in [-0.05, 0) is 31.0 Å². The van der Waals surface area contributed by atoms with Crippen LogP contribution in [-0.4, -0.2) is 35.7 Å². The summed E-state index contributed by atoms with van der Waals surface area (Å²) in [7, 11) is 0. The summed E-state index contributed by atoms with van der Waals surface area (Å²) in [5.74, 6) is 0. The Morgan fingerprint density at radius 1 is 1.19 bits per heavy atom. The quantitative estimate of drug-likeness (QED) is 0.861. The molecule has 4 nitrogen and oxygen atoms in total. The number of hydrogen-bond donors (Lipinski definition) is 2. The van der Waals surface area contributed by atoms with Crippen molar-refractivity contribution in [2.45, 2.75) is 13.3 Å². The minimum absolute atomic E-state index is 0.0360. The number of thiophene rings is 1. The number of carbonyl (C=O) groups is 1. The molecule has 112 valence electrons. The van der Waals surface area contributed by atoms with Crippen LogP contribution in [0.4, 0.5) is 9.80 Å². The third-order valence-electron chi connectivity index (χ3n) is 3.14. The second-order valence-corrected chi connectivity index (χ2v) is 6.07. The van der Waals surface area contributed by atoms with Gasteiger partial charge in [-0.2, -0.15) is 0 Å². The van der Waals surface area contributed by atoms with Gasteiger partial charge in [-0.3, -0.25) is 5.32 Å². The SMILES string of the molecule is Cc1ccc(NC(=O)N(CCO)CCc2ccccc2)s1. The van der Waals surface area contributed by atoms with Gasteiger partial charge in [-0.25, -0.2) is 4.79 Å². The Morgan fingerprint density at radius 3 is 2.57 bits per heavy atom. The van der Waals surface area contributed by atoms with Gasteiger partial charge in [0.25, 0.3) is 0 Å². The highest BCUT2D eigenvalue weighted by Crippen LogP contribution is 2.21. The number of aliphatic hydroxyl groups excluding tert-OH is 1. The highest BCUT2D eigenvalue weighted by Gasteiger charge is 2.13. The average molecular weight is 304 g/mol. The van der Waals surface area contributed by atoms with Crippen LogP contribution in [0, 0.1) is 6.92 Å². The number of urea groups is 1. The summed E-state index contributed by atoms with van der Waals surface area (Å²) >= 11 is 1.54. The van der Waals surface area contributed by atoms with E-state index in [4.69, 9.17) is 5.11 Å². The number of aliphatic hydroxyl groups is 1. The Morgan fingerprint density at radius 2 is 1.95 bits per heavy atom. The maximum absolute atomic E-state index is 12.2. The van der Waals surface area contributed by atoms with Gasteiger partial charge >= 0.3 is 6.03 Å². The van der Waals surface area contributed by atoms with Crippen LogP contribution < -0.4 is 5.32 Å². The summed E-state index contributed by atoms with van der Waals surface area (Å²) < 4.78 is 0. The summed E-state index contributed by atoms with van der Waals surface area (Å²) in [4.78, 5) is 15.0. The largest absolute Gasteiger partial charge is 0.395 e. The van der Waals surface area contributed by atoms with Crippen molar-refractivity contribution in [3.8, 4) is 0 Å². The Balaban J connectivity index is 1.92. The number of benzene rings is 1. The van der Waals surface area contributed by atoms with Crippen LogP contribution in [0.25, 0.3) is 0 Å². The summed E-state index contributed by atoms with van der Waals surface area (Å²) in [5, 5.41) is 12.8. The molecule has 0 fully saturated rings. The first-order chi connectivity index (χ1) is 10.2. The molecule has 2 aromatic rings. The molecule has 5 heteroatoms. The maximum Gasteiger partial charge on any atom is 0.322 e. The maximum atomic E-state index is 12.2. The topological polar surface area (TPSA) is 52.6 Å². The molecule has 2 amide bonds. The minimum Gasteiger partial charge on any atom is -0.395 e. The predicted molar refractivity (Wildman–Crippen MR) is 86.9 cm³/mol. The van der Waals surface area contributed by atoms with Crippen LogP contribution in [0.1, 0.15) is 10.4 Å². The van der Waals surface area contributed by atoms with E-state index < -0.39 is 0 Å². The van der Waals surface area contributed by atoms with Gasteiger partial charge in [0.05, 0.1) is 11.6 Å². The van der Waals surface area contributed by atoms with Crippen molar-refractivity contribution < 1.29 is 9.90 Å². The highest BCUT2D eigenvalue weighted by atomic mass is 32.1. The number of amides is 2. The first kappa shape index (κ1) is 15.5. The molecule has 1 aromatic heterocycles. The molecule has 2 N–H and O–H groups in total. The van der Waals surface area contributed by atoms with Crippen molar-refractivity contribution in [1.29, 1.82) is 0 Å². The van der Waals surface area contributed by atoms with Crippen LogP contribution in [-0.2, 0) is 6.42 Å². The third kappa shape index (κ3) is 4.88. The van der Waals surface area contributed by atoms with E-state index in [2.05, 4.69) is 5.32 Å². The van der Waals surface area contributed by atoms with E-state index in [9.17, 15) is 4.79 Å². The van der Waals surface area contributed by atoms with Crippen molar-refractivity contribution in [1.82, 2.24) is 4.90 Å². The molecule has 0 aliphatic rings. The number of hydrogen-bond acceptors (Lipinski definition) is 3. The number of nitrogens with zero attached hydrogens (tertiary/aromatic N) is 1. The second kappa shape index (κ2) is 7.81. The summed E-state index contributed by atoms with van der Waals surface area (Å²) in [6.45, 7) is 2.89. The number of rotatable bonds is 6. The zero-order chi connectivity index (χ0) is 15.1. The predicted octanol–water partition coefficient (Wildman–Crippen LogP) is 3.13. The van der Waals surface area contributed by atoms with Crippen molar-refractivity contribution >= 4 is 22.4 Å². The fourth-order valence-electron chi connectivity index (χ4n) is 2.03. The average Bonchev–Trinajstić information content (AvgIpc) is 2.89. The van der Waals surface area contributed by atoms with Crippen LogP contribution in [0.5, 0.6) is 0 Å². The summed E-state index contributed by atoms with van der Waals surface area (Å²) in [5.41, 5.74) is 1.18. The van der Waals surface area contributed by atoms with Crippen molar-refractivity contribution in [2.24, 2.45) is 0 Å². The van der Waals surface area contributed by atoms with Crippen LogP contribution in [0.2, 0.25) is 0 Å². The van der Waals surface area contributed by atoms with E-state index >= 15 is 0 Å². The van der Waals surface area contributed by atoms with Crippen molar-refractivity contribution in [2.75, 3.05) is 25.0 Å². The van der Waals surface area contributed by atoms with Gasteiger partial charge in [-0.15, -0.1) is 11.3 Å². The molecule has 0 atom stereocenters. The number of aryl methyl sites for hydroxylation is 1. The minimum atomic E-state index is -0.165. The molecule has 1 aromatic carbocycles. The van der Waals surface area contributed by atoms with Gasteiger partial charge < -0.3 is 10.0 Å². The molecule has 0 bridgehead atoms. The third-order valence-corrected chi connectivity index (χ3v) is 4.06. The van der Waals surface area contributed by atoms with Gasteiger partial charge in [0.15, 0.2) is 0 Å². The molecule has 0 unspecified atom stereocenters. The first-order valence-corrected chi connectivity index (χ1v) is 7.78. The zero-order valence-corrected chi connectivity index (χ0v) is 12.9. The number of carbonyl (C=O) groups excluding carboxylic acids is 1. The molecule has 0 saturated carbocycles. The van der Waals surface area contributed by atoms with E-state index in [0.717, 1.165) is 16.3 Å². The summed E-state index contributed by atoms with van der Waals surface area (Å²) in [6, 6.07) is 13.7. The standard InChI is InChI=1S/C16H20N2O2S/c1-13-7-8-15(21-13)17-16(20)18(11-12-19)10-9-14-5-3-2-4-6-14/h2-8,19H,9-12H2,1H3,(H,17,20). The lowest BCUT2D eigenvalue weighted by atomic mass is 10.1. The van der Waals surface area contributed by atoms with Crippen LogP contribution in [0.15, 0.2) is 42.5 Å². The second-order valence-electron chi connectivity index (χ2n) is 4.79. The molecule has 0 saturated heterocycles. The molecule has 21 heavy (non-hydrogen) atoms. The van der Waals surface area contributed by atoms with Gasteiger partial charge in [0.2, 0.25) is 0 Å². The molecule has 2 rings (SSSR count). The van der Waals surface area contributed by atoms with Gasteiger partial charge in [-0.1, -0.05) is 30.3 Å². The molecule has 0 spiro atoms. The van der Waals surface area contributed by atoms with E-state index in [1.807, 2.05) is 49.4 Å². The lowest BCUT2D eigenvalue weighted by Gasteiger charge is -2.21. The Bertz CT molecular complexity index is 569. The fourth-order valence-corrected chi connectivity index (χ4v) is 2.79. The molecule has 0 aliphatic carbocycles. The number of nitrogens with one attached hydrogen (secondary N) is 1. The van der Waals surface area contributed by atoms with Crippen molar-refractivity contribution in [3.63, 3.8) is 0 Å². The summed E-state index contributed by atoms with van der Waals surface area (Å²) in [6.07, 6.45) is 0.776. The fraction of sp³-hybridized carbons (Fsp3) is 0.312. The number of anilines is 1. The van der Waals surface area contributed by atoms with Gasteiger partial charge in [0.1, 0.15) is 0 Å². The van der Waals surface area contributed by atoms with E-state index in [0.29, 0.717) is 13.1 Å². The lowest BCUT2D eigenvalue weighted by Crippen LogP contribution is -2.38. The van der Waals surface area contributed by atoms with Crippen LogP contribution in [0.3, 0.4) is 0 Å². The first-order valence-electron chi connectivity index (χ1n) is 6.96. The van der Waals surface area contributed by atoms with Crippen LogP contribution >= 0.6 is 11.3 Å². The van der Waals surface area contributed by atoms with E-state index in [1.54, 1.807) is 16.2 Å². The molecule has 0 radical (unpaired) electrons. The molecule has 0 aliphatic heterocycles. The van der Waals surface area contributed by atoms with Gasteiger partial charge in [0, 0.05) is 18.0 Å². The Hall–Kier alpha value is -1.85. The Labute approximate surface area is 129 Å². The smallest absolute Gasteiger partial charge is 0.322 e. The zero-order valence-electron chi connectivity index (χ0n) is 12.1. The van der Waals surface area contributed by atoms with E-state index in [-0.39, 0.29) is 12.6 Å². The monoisotopic (exact) mass is 304 g/mol. The van der Waals surface area contributed by atoms with E-state index in [1.165, 1.54) is 5.56 Å². The normalized spacial score (nSPS) is 10.4.